The second kappa shape index (κ2) is 9.95. The minimum Gasteiger partial charge on any atom is -0.497 e. The molecule has 0 bridgehead atoms. The average molecular weight is 460 g/mol. The zero-order chi connectivity index (χ0) is 24.2. The molecule has 3 amide bonds. The van der Waals surface area contributed by atoms with E-state index in [9.17, 15) is 14.4 Å². The summed E-state index contributed by atoms with van der Waals surface area (Å²) in [6.45, 7) is 2.44. The van der Waals surface area contributed by atoms with Crippen molar-refractivity contribution in [2.75, 3.05) is 25.6 Å². The summed E-state index contributed by atoms with van der Waals surface area (Å²) in [5.74, 6) is 0.291. The molecular weight excluding hydrogens is 430 g/mol. The highest BCUT2D eigenvalue weighted by atomic mass is 16.5. The minimum absolute atomic E-state index is 0.0359. The van der Waals surface area contributed by atoms with Crippen molar-refractivity contribution in [2.24, 2.45) is 0 Å². The Balaban J connectivity index is 1.46. The molecule has 1 atom stereocenters. The number of hydrogen-bond acceptors (Lipinski definition) is 4. The largest absolute Gasteiger partial charge is 0.497 e. The van der Waals surface area contributed by atoms with Crippen molar-refractivity contribution in [3.8, 4) is 5.75 Å². The van der Waals surface area contributed by atoms with Gasteiger partial charge in [-0.15, -0.1) is 0 Å². The van der Waals surface area contributed by atoms with Crippen molar-refractivity contribution in [3.05, 3.63) is 71.8 Å². The van der Waals surface area contributed by atoms with Crippen molar-refractivity contribution in [1.29, 1.82) is 0 Å². The fraction of sp³-hybridized carbons (Fsp3) is 0.296. The predicted molar refractivity (Wildman–Crippen MR) is 132 cm³/mol. The molecule has 4 rings (SSSR count). The van der Waals surface area contributed by atoms with Crippen LogP contribution >= 0.6 is 0 Å². The molecule has 0 aromatic heterocycles. The average Bonchev–Trinajstić information content (AvgIpc) is 3.14. The minimum atomic E-state index is -0.630. The van der Waals surface area contributed by atoms with E-state index in [2.05, 4.69) is 5.32 Å². The number of anilines is 1. The van der Waals surface area contributed by atoms with Crippen LogP contribution in [0.4, 0.5) is 5.69 Å². The second-order valence-corrected chi connectivity index (χ2v) is 8.40. The smallest absolute Gasteiger partial charge is 0.258 e. The van der Waals surface area contributed by atoms with Crippen LogP contribution in [-0.4, -0.2) is 49.4 Å². The van der Waals surface area contributed by atoms with E-state index in [1.165, 1.54) is 0 Å². The Labute approximate surface area is 199 Å². The second-order valence-electron chi connectivity index (χ2n) is 8.40. The monoisotopic (exact) mass is 459 g/mol. The number of amides is 3. The van der Waals surface area contributed by atoms with Crippen LogP contribution < -0.4 is 15.0 Å². The van der Waals surface area contributed by atoms with Gasteiger partial charge in [0, 0.05) is 37.5 Å². The van der Waals surface area contributed by atoms with Gasteiger partial charge in [-0.1, -0.05) is 36.4 Å². The first kappa shape index (κ1) is 23.3. The van der Waals surface area contributed by atoms with Crippen LogP contribution in [0.2, 0.25) is 0 Å². The van der Waals surface area contributed by atoms with Crippen molar-refractivity contribution in [3.63, 3.8) is 0 Å². The van der Waals surface area contributed by atoms with Gasteiger partial charge in [0.15, 0.2) is 0 Å². The molecule has 1 aliphatic heterocycles. The molecule has 3 aromatic rings. The van der Waals surface area contributed by atoms with E-state index < -0.39 is 6.04 Å². The lowest BCUT2D eigenvalue weighted by atomic mass is 10.1. The first-order valence-corrected chi connectivity index (χ1v) is 11.4. The fourth-order valence-electron chi connectivity index (χ4n) is 4.49. The lowest BCUT2D eigenvalue weighted by Crippen LogP contribution is -2.46. The van der Waals surface area contributed by atoms with Crippen molar-refractivity contribution in [1.82, 2.24) is 10.2 Å². The molecule has 0 fully saturated rings. The Bertz CT molecular complexity index is 1230. The van der Waals surface area contributed by atoms with E-state index in [1.807, 2.05) is 60.7 Å². The maximum Gasteiger partial charge on any atom is 0.258 e. The molecule has 1 aliphatic rings. The summed E-state index contributed by atoms with van der Waals surface area (Å²) in [5.41, 5.74) is 2.46. The summed E-state index contributed by atoms with van der Waals surface area (Å²) < 4.78 is 5.29. The Morgan fingerprint density at radius 2 is 1.82 bits per heavy atom. The zero-order valence-corrected chi connectivity index (χ0v) is 19.7. The molecule has 0 aliphatic carbocycles. The third-order valence-electron chi connectivity index (χ3n) is 6.32. The number of nitrogens with zero attached hydrogens (tertiary/aromatic N) is 2. The van der Waals surface area contributed by atoms with Crippen LogP contribution in [0.3, 0.4) is 0 Å². The van der Waals surface area contributed by atoms with Crippen LogP contribution in [0.5, 0.6) is 5.75 Å². The van der Waals surface area contributed by atoms with Crippen LogP contribution in [0.25, 0.3) is 10.8 Å². The van der Waals surface area contributed by atoms with E-state index in [0.29, 0.717) is 24.3 Å². The summed E-state index contributed by atoms with van der Waals surface area (Å²) in [6.07, 6.45) is 0.714. The third-order valence-corrected chi connectivity index (χ3v) is 6.32. The quantitative estimate of drug-likeness (QED) is 0.529. The van der Waals surface area contributed by atoms with Gasteiger partial charge in [-0.25, -0.2) is 0 Å². The van der Waals surface area contributed by atoms with E-state index in [0.717, 1.165) is 22.0 Å². The summed E-state index contributed by atoms with van der Waals surface area (Å²) in [6, 6.07) is 18.5. The van der Waals surface area contributed by atoms with Crippen molar-refractivity contribution >= 4 is 34.2 Å². The van der Waals surface area contributed by atoms with Gasteiger partial charge in [0.25, 0.3) is 5.91 Å². The normalized spacial score (nSPS) is 13.1. The number of rotatable bonds is 9. The van der Waals surface area contributed by atoms with Gasteiger partial charge < -0.3 is 19.9 Å². The molecule has 3 aromatic carbocycles. The maximum absolute atomic E-state index is 13.2. The molecule has 7 heteroatoms. The molecule has 0 spiro atoms. The Kier molecular flexibility index (Phi) is 6.82. The highest BCUT2D eigenvalue weighted by Crippen LogP contribution is 2.37. The Morgan fingerprint density at radius 3 is 2.56 bits per heavy atom. The topological polar surface area (TPSA) is 79.0 Å². The first-order chi connectivity index (χ1) is 16.4. The highest BCUT2D eigenvalue weighted by Gasteiger charge is 2.30. The number of carbonyl (C=O) groups is 3. The Hall–Kier alpha value is -3.87. The molecule has 0 unspecified atom stereocenters. The molecule has 7 nitrogen and oxygen atoms in total. The van der Waals surface area contributed by atoms with Crippen molar-refractivity contribution < 1.29 is 19.1 Å². The van der Waals surface area contributed by atoms with Crippen LogP contribution in [0.1, 0.15) is 35.7 Å². The number of benzene rings is 3. The van der Waals surface area contributed by atoms with Gasteiger partial charge in [0.1, 0.15) is 11.8 Å². The van der Waals surface area contributed by atoms with Gasteiger partial charge in [-0.2, -0.15) is 0 Å². The van der Waals surface area contributed by atoms with Crippen LogP contribution in [-0.2, 0) is 16.1 Å². The molecule has 0 radical (unpaired) electrons. The highest BCUT2D eigenvalue weighted by molar-refractivity contribution is 6.25. The number of nitrogens with one attached hydrogen (secondary N) is 1. The van der Waals surface area contributed by atoms with Crippen LogP contribution in [0.15, 0.2) is 60.7 Å². The Morgan fingerprint density at radius 1 is 1.09 bits per heavy atom. The lowest BCUT2D eigenvalue weighted by Gasteiger charge is -2.29. The van der Waals surface area contributed by atoms with E-state index in [4.69, 9.17) is 4.74 Å². The molecule has 0 saturated heterocycles. The van der Waals surface area contributed by atoms with Gasteiger partial charge in [0.05, 0.1) is 12.8 Å². The number of hydrogen-bond donors (Lipinski definition) is 1. The molecule has 176 valence electrons. The molecule has 1 heterocycles. The summed E-state index contributed by atoms with van der Waals surface area (Å²) >= 11 is 0. The number of ether oxygens (including phenoxy) is 1. The first-order valence-electron chi connectivity index (χ1n) is 11.4. The number of methoxy groups -OCH3 is 1. The standard InChI is InChI=1S/C27H29N3O4/c1-18(26(32)28-2)30(17-19-8-4-11-21(16-19)34-3)24(31)14-7-15-29-23-13-6-10-20-9-5-12-22(25(20)23)27(29)33/h4-6,8-13,16,18H,7,14-15,17H2,1-3H3,(H,28,32)/t18-/m1/s1. The fourth-order valence-corrected chi connectivity index (χ4v) is 4.49. The number of likely N-dealkylation sites (N-methyl/N-ethyl adjacent to an activating group) is 1. The van der Waals surface area contributed by atoms with E-state index in [-0.39, 0.29) is 30.7 Å². The predicted octanol–water partition coefficient (Wildman–Crippen LogP) is 3.75. The molecular formula is C27H29N3O4. The van der Waals surface area contributed by atoms with Gasteiger partial charge in [0.2, 0.25) is 11.8 Å². The van der Waals surface area contributed by atoms with Gasteiger partial charge >= 0.3 is 0 Å². The molecule has 1 N–H and O–H groups in total. The van der Waals surface area contributed by atoms with E-state index in [1.54, 1.807) is 30.9 Å². The molecule has 0 saturated carbocycles. The lowest BCUT2D eigenvalue weighted by molar-refractivity contribution is -0.140. The van der Waals surface area contributed by atoms with Gasteiger partial charge in [-0.05, 0) is 48.6 Å². The van der Waals surface area contributed by atoms with Gasteiger partial charge in [-0.3, -0.25) is 14.4 Å². The maximum atomic E-state index is 13.2. The third kappa shape index (κ3) is 4.46. The zero-order valence-electron chi connectivity index (χ0n) is 19.7. The summed E-state index contributed by atoms with van der Waals surface area (Å²) in [5, 5.41) is 4.63. The van der Waals surface area contributed by atoms with E-state index >= 15 is 0 Å². The summed E-state index contributed by atoms with van der Waals surface area (Å²) in [4.78, 5) is 41.9. The van der Waals surface area contributed by atoms with Crippen molar-refractivity contribution in [2.45, 2.75) is 32.4 Å². The van der Waals surface area contributed by atoms with Crippen LogP contribution in [0, 0.1) is 0 Å². The molecule has 34 heavy (non-hydrogen) atoms. The SMILES string of the molecule is CNC(=O)[C@@H](C)N(Cc1cccc(OC)c1)C(=O)CCCN1C(=O)c2cccc3cccc1c23. The summed E-state index contributed by atoms with van der Waals surface area (Å²) in [7, 11) is 3.15. The number of carbonyl (C=O) groups excluding carboxylic acids is 3.